The number of nitrogens with one attached hydrogen (secondary N) is 1. The summed E-state index contributed by atoms with van der Waals surface area (Å²) in [6.07, 6.45) is 4.79. The van der Waals surface area contributed by atoms with E-state index in [9.17, 15) is 0 Å². The zero-order valence-electron chi connectivity index (χ0n) is 11.3. The first kappa shape index (κ1) is 12.4. The highest BCUT2D eigenvalue weighted by atomic mass is 16.5. The molecular weight excluding hydrogens is 238 g/mol. The molecule has 4 nitrogen and oxygen atoms in total. The number of rotatable bonds is 2. The number of aryl methyl sites for hydroxylation is 1. The van der Waals surface area contributed by atoms with Gasteiger partial charge in [-0.25, -0.2) is 4.98 Å². The molecule has 1 aromatic rings. The van der Waals surface area contributed by atoms with Gasteiger partial charge in [0.25, 0.3) is 0 Å². The van der Waals surface area contributed by atoms with E-state index in [1.807, 2.05) is 13.0 Å². The van der Waals surface area contributed by atoms with Crippen LogP contribution >= 0.6 is 0 Å². The van der Waals surface area contributed by atoms with Gasteiger partial charge in [0.15, 0.2) is 0 Å². The summed E-state index contributed by atoms with van der Waals surface area (Å²) < 4.78 is 5.94. The molecule has 3 rings (SSSR count). The topological polar surface area (TPSA) is 47.0 Å². The van der Waals surface area contributed by atoms with E-state index in [4.69, 9.17) is 4.74 Å². The number of hydrogen-bond donors (Lipinski definition) is 1. The Hall–Kier alpha value is -1.60. The molecule has 0 radical (unpaired) electrons. The van der Waals surface area contributed by atoms with Gasteiger partial charge in [0, 0.05) is 12.0 Å². The summed E-state index contributed by atoms with van der Waals surface area (Å²) in [6, 6.07) is 1.87. The van der Waals surface area contributed by atoms with E-state index >= 15 is 0 Å². The maximum atomic E-state index is 5.94. The lowest BCUT2D eigenvalue weighted by Crippen LogP contribution is -2.34. The Balaban J connectivity index is 1.71. The summed E-state index contributed by atoms with van der Waals surface area (Å²) in [7, 11) is 0. The fourth-order valence-electron chi connectivity index (χ4n) is 2.15. The Kier molecular flexibility index (Phi) is 3.65. The zero-order valence-corrected chi connectivity index (χ0v) is 11.3. The molecular formula is C15H19N3O. The van der Waals surface area contributed by atoms with Crippen molar-refractivity contribution in [3.8, 4) is 17.7 Å². The lowest BCUT2D eigenvalue weighted by Gasteiger charge is -2.23. The van der Waals surface area contributed by atoms with Crippen molar-refractivity contribution in [2.75, 3.05) is 13.1 Å². The van der Waals surface area contributed by atoms with Gasteiger partial charge in [-0.3, -0.25) is 0 Å². The van der Waals surface area contributed by atoms with Crippen LogP contribution in [0.1, 0.15) is 37.2 Å². The van der Waals surface area contributed by atoms with Crippen LogP contribution in [0.4, 0.5) is 0 Å². The van der Waals surface area contributed by atoms with Gasteiger partial charge in [0.2, 0.25) is 5.88 Å². The van der Waals surface area contributed by atoms with Gasteiger partial charge in [-0.2, -0.15) is 4.98 Å². The van der Waals surface area contributed by atoms with E-state index in [0.29, 0.717) is 11.8 Å². The molecule has 1 saturated heterocycles. The number of nitrogens with zero attached hydrogens (tertiary/aromatic N) is 2. The van der Waals surface area contributed by atoms with Crippen molar-refractivity contribution in [2.45, 2.75) is 38.7 Å². The summed E-state index contributed by atoms with van der Waals surface area (Å²) in [4.78, 5) is 8.70. The minimum atomic E-state index is 0.264. The predicted molar refractivity (Wildman–Crippen MR) is 72.9 cm³/mol. The fourth-order valence-corrected chi connectivity index (χ4v) is 2.15. The summed E-state index contributed by atoms with van der Waals surface area (Å²) in [5.41, 5.74) is 0.781. The normalized spacial score (nSPS) is 19.6. The second-order valence-corrected chi connectivity index (χ2v) is 5.25. The molecule has 1 aliphatic heterocycles. The van der Waals surface area contributed by atoms with Crippen molar-refractivity contribution < 1.29 is 4.74 Å². The summed E-state index contributed by atoms with van der Waals surface area (Å²) in [6.45, 7) is 3.92. The molecule has 1 aromatic heterocycles. The van der Waals surface area contributed by atoms with Crippen LogP contribution in [0.25, 0.3) is 0 Å². The van der Waals surface area contributed by atoms with E-state index in [1.54, 1.807) is 0 Å². The molecule has 0 bridgehead atoms. The lowest BCUT2D eigenvalue weighted by molar-refractivity contribution is 0.155. The third kappa shape index (κ3) is 3.68. The minimum absolute atomic E-state index is 0.264. The molecule has 1 aliphatic carbocycles. The van der Waals surface area contributed by atoms with E-state index in [2.05, 4.69) is 27.1 Å². The number of ether oxygens (including phenoxy) is 1. The zero-order chi connectivity index (χ0) is 13.1. The molecule has 1 N–H and O–H groups in total. The molecule has 2 aliphatic rings. The number of hydrogen-bond acceptors (Lipinski definition) is 4. The molecule has 4 heteroatoms. The molecule has 0 atom stereocenters. The lowest BCUT2D eigenvalue weighted by atomic mass is 10.1. The number of piperidine rings is 1. The molecule has 0 aromatic carbocycles. The second kappa shape index (κ2) is 5.58. The van der Waals surface area contributed by atoms with Gasteiger partial charge >= 0.3 is 0 Å². The molecule has 2 heterocycles. The molecule has 1 saturated carbocycles. The quantitative estimate of drug-likeness (QED) is 0.819. The van der Waals surface area contributed by atoms with Crippen LogP contribution in [0.5, 0.6) is 5.88 Å². The van der Waals surface area contributed by atoms with Gasteiger partial charge in [0.1, 0.15) is 17.6 Å². The Labute approximate surface area is 114 Å². The van der Waals surface area contributed by atoms with Gasteiger partial charge in [-0.05, 0) is 51.6 Å². The van der Waals surface area contributed by atoms with Crippen LogP contribution in [0, 0.1) is 24.7 Å². The number of aromatic nitrogens is 2. The van der Waals surface area contributed by atoms with Crippen molar-refractivity contribution in [3.05, 3.63) is 17.6 Å². The van der Waals surface area contributed by atoms with Crippen LogP contribution in [-0.4, -0.2) is 29.2 Å². The Morgan fingerprint density at radius 1 is 1.21 bits per heavy atom. The summed E-state index contributed by atoms with van der Waals surface area (Å²) in [5.74, 6) is 8.34. The maximum absolute atomic E-state index is 5.94. The van der Waals surface area contributed by atoms with Crippen molar-refractivity contribution >= 4 is 0 Å². The third-order valence-electron chi connectivity index (χ3n) is 3.37. The first-order chi connectivity index (χ1) is 9.29. The molecule has 0 amide bonds. The first-order valence-electron chi connectivity index (χ1n) is 7.04. The molecule has 0 spiro atoms. The largest absolute Gasteiger partial charge is 0.474 e. The van der Waals surface area contributed by atoms with E-state index in [1.165, 1.54) is 12.8 Å². The standard InChI is InChI=1S/C15H19N3O/c1-11-17-13(5-4-12-2-3-12)10-15(18-11)19-14-6-8-16-9-7-14/h10,12,14,16H,2-3,6-9H2,1H3. The Morgan fingerprint density at radius 3 is 2.74 bits per heavy atom. The van der Waals surface area contributed by atoms with Gasteiger partial charge in [-0.15, -0.1) is 0 Å². The molecule has 19 heavy (non-hydrogen) atoms. The second-order valence-electron chi connectivity index (χ2n) is 5.25. The van der Waals surface area contributed by atoms with Crippen molar-refractivity contribution in [1.82, 2.24) is 15.3 Å². The smallest absolute Gasteiger partial charge is 0.218 e. The Morgan fingerprint density at radius 2 is 2.00 bits per heavy atom. The Bertz CT molecular complexity index is 508. The van der Waals surface area contributed by atoms with Gasteiger partial charge in [0.05, 0.1) is 0 Å². The van der Waals surface area contributed by atoms with Crippen LogP contribution in [0.3, 0.4) is 0 Å². The van der Waals surface area contributed by atoms with Crippen LogP contribution in [-0.2, 0) is 0 Å². The first-order valence-corrected chi connectivity index (χ1v) is 7.04. The highest BCUT2D eigenvalue weighted by Gasteiger charge is 2.18. The van der Waals surface area contributed by atoms with E-state index < -0.39 is 0 Å². The highest BCUT2D eigenvalue weighted by molar-refractivity contribution is 5.32. The monoisotopic (exact) mass is 257 g/mol. The fraction of sp³-hybridized carbons (Fsp3) is 0.600. The average molecular weight is 257 g/mol. The maximum Gasteiger partial charge on any atom is 0.218 e. The average Bonchev–Trinajstić information content (AvgIpc) is 3.21. The molecule has 2 fully saturated rings. The highest BCUT2D eigenvalue weighted by Crippen LogP contribution is 2.27. The van der Waals surface area contributed by atoms with Crippen LogP contribution in [0.15, 0.2) is 6.07 Å². The summed E-state index contributed by atoms with van der Waals surface area (Å²) >= 11 is 0. The minimum Gasteiger partial charge on any atom is -0.474 e. The third-order valence-corrected chi connectivity index (χ3v) is 3.37. The molecule has 100 valence electrons. The van der Waals surface area contributed by atoms with E-state index in [0.717, 1.165) is 37.4 Å². The van der Waals surface area contributed by atoms with Gasteiger partial charge < -0.3 is 10.1 Å². The van der Waals surface area contributed by atoms with Gasteiger partial charge in [-0.1, -0.05) is 5.92 Å². The van der Waals surface area contributed by atoms with Crippen molar-refractivity contribution in [3.63, 3.8) is 0 Å². The van der Waals surface area contributed by atoms with Crippen molar-refractivity contribution in [2.24, 2.45) is 5.92 Å². The van der Waals surface area contributed by atoms with Crippen LogP contribution in [0.2, 0.25) is 0 Å². The molecule has 0 unspecified atom stereocenters. The van der Waals surface area contributed by atoms with Crippen LogP contribution < -0.4 is 10.1 Å². The van der Waals surface area contributed by atoms with E-state index in [-0.39, 0.29) is 6.10 Å². The summed E-state index contributed by atoms with van der Waals surface area (Å²) in [5, 5.41) is 3.33. The van der Waals surface area contributed by atoms with Crippen molar-refractivity contribution in [1.29, 1.82) is 0 Å². The predicted octanol–water partition coefficient (Wildman–Crippen LogP) is 1.68. The SMILES string of the molecule is Cc1nc(C#CC2CC2)cc(OC2CCNCC2)n1.